The van der Waals surface area contributed by atoms with Crippen molar-refractivity contribution in [3.63, 3.8) is 0 Å². The normalized spacial score (nSPS) is 24.4. The summed E-state index contributed by atoms with van der Waals surface area (Å²) < 4.78 is 11.3. The lowest BCUT2D eigenvalue weighted by Gasteiger charge is -2.47. The molecule has 1 aromatic heterocycles. The lowest BCUT2D eigenvalue weighted by atomic mass is 9.80. The molecule has 2 saturated heterocycles. The molecule has 2 aliphatic rings. The van der Waals surface area contributed by atoms with Gasteiger partial charge in [-0.15, -0.1) is 0 Å². The molecule has 0 spiro atoms. The highest BCUT2D eigenvalue weighted by molar-refractivity contribution is 6.01. The van der Waals surface area contributed by atoms with Crippen LogP contribution >= 0.6 is 0 Å². The molecule has 29 heavy (non-hydrogen) atoms. The molecule has 2 aromatic rings. The van der Waals surface area contributed by atoms with Crippen molar-refractivity contribution in [2.75, 3.05) is 13.2 Å². The van der Waals surface area contributed by atoms with Gasteiger partial charge in [0.1, 0.15) is 5.60 Å². The molecular formula is C23H28N2O4. The lowest BCUT2D eigenvalue weighted by molar-refractivity contribution is -0.0861. The number of nitrogens with zero attached hydrogens (tertiary/aromatic N) is 2. The van der Waals surface area contributed by atoms with Crippen molar-refractivity contribution < 1.29 is 19.1 Å². The third-order valence-corrected chi connectivity index (χ3v) is 5.61. The van der Waals surface area contributed by atoms with Gasteiger partial charge in [0.2, 0.25) is 0 Å². The molecule has 2 unspecified atom stereocenters. The Balaban J connectivity index is 1.53. The minimum atomic E-state index is -0.545. The van der Waals surface area contributed by atoms with Crippen molar-refractivity contribution in [2.24, 2.45) is 5.92 Å². The first-order chi connectivity index (χ1) is 13.7. The molecule has 154 valence electrons. The second-order valence-electron chi connectivity index (χ2n) is 9.13. The zero-order chi connectivity index (χ0) is 20.8. The number of hydrogen-bond acceptors (Lipinski definition) is 5. The fourth-order valence-electron chi connectivity index (χ4n) is 4.36. The van der Waals surface area contributed by atoms with E-state index < -0.39 is 5.60 Å². The van der Waals surface area contributed by atoms with Crippen LogP contribution < -0.4 is 0 Å². The smallest absolute Gasteiger partial charge is 0.410 e. The zero-order valence-corrected chi connectivity index (χ0v) is 17.5. The maximum Gasteiger partial charge on any atom is 0.410 e. The monoisotopic (exact) mass is 396 g/mol. The second kappa shape index (κ2) is 7.41. The summed E-state index contributed by atoms with van der Waals surface area (Å²) in [7, 11) is 0. The van der Waals surface area contributed by atoms with Gasteiger partial charge in [-0.05, 0) is 64.8 Å². The van der Waals surface area contributed by atoms with Crippen molar-refractivity contribution in [3.05, 3.63) is 41.6 Å². The summed E-state index contributed by atoms with van der Waals surface area (Å²) in [5.41, 5.74) is 2.01. The number of morpholine rings is 1. The number of pyridine rings is 1. The van der Waals surface area contributed by atoms with E-state index in [0.29, 0.717) is 31.6 Å². The van der Waals surface area contributed by atoms with Crippen LogP contribution in [0.5, 0.6) is 0 Å². The van der Waals surface area contributed by atoms with Crippen LogP contribution in [0, 0.1) is 12.8 Å². The Kier molecular flexibility index (Phi) is 5.07. The highest BCUT2D eigenvalue weighted by Gasteiger charge is 2.45. The van der Waals surface area contributed by atoms with Crippen molar-refractivity contribution in [1.82, 2.24) is 9.88 Å². The van der Waals surface area contributed by atoms with Crippen LogP contribution in [0.4, 0.5) is 4.79 Å². The van der Waals surface area contributed by atoms with Crippen molar-refractivity contribution in [2.45, 2.75) is 58.2 Å². The minimum Gasteiger partial charge on any atom is -0.444 e. The largest absolute Gasteiger partial charge is 0.444 e. The van der Waals surface area contributed by atoms with Crippen LogP contribution in [0.3, 0.4) is 0 Å². The molecule has 6 nitrogen and oxygen atoms in total. The van der Waals surface area contributed by atoms with Gasteiger partial charge in [0.05, 0.1) is 30.8 Å². The van der Waals surface area contributed by atoms with E-state index in [1.54, 1.807) is 4.90 Å². The van der Waals surface area contributed by atoms with Crippen LogP contribution in [0.15, 0.2) is 30.3 Å². The molecule has 2 fully saturated rings. The lowest BCUT2D eigenvalue weighted by Crippen LogP contribution is -2.60. The Bertz CT molecular complexity index is 936. The van der Waals surface area contributed by atoms with Gasteiger partial charge in [-0.1, -0.05) is 6.07 Å². The van der Waals surface area contributed by atoms with Crippen LogP contribution in [0.2, 0.25) is 0 Å². The van der Waals surface area contributed by atoms with E-state index >= 15 is 0 Å². The standard InChI is InChI=1S/C23H28N2O4/c1-14-5-6-15-9-16(7-8-20(15)24-14)21(26)17-10-18-12-28-13-19(11-17)25(18)22(27)29-23(2,3)4/h5-9,17-19H,10-13H2,1-4H3. The molecule has 0 N–H and O–H groups in total. The van der Waals surface area contributed by atoms with E-state index in [4.69, 9.17) is 9.47 Å². The fraction of sp³-hybridized carbons (Fsp3) is 0.522. The van der Waals surface area contributed by atoms with E-state index in [1.807, 2.05) is 58.0 Å². The van der Waals surface area contributed by atoms with Crippen molar-refractivity contribution in [1.29, 1.82) is 0 Å². The Hall–Kier alpha value is -2.47. The van der Waals surface area contributed by atoms with E-state index in [1.165, 1.54) is 0 Å². The Morgan fingerprint density at radius 2 is 1.79 bits per heavy atom. The Labute approximate surface area is 171 Å². The van der Waals surface area contributed by atoms with Gasteiger partial charge in [0.25, 0.3) is 0 Å². The molecule has 4 rings (SSSR count). The van der Waals surface area contributed by atoms with Gasteiger partial charge in [0.15, 0.2) is 5.78 Å². The number of carbonyl (C=O) groups excluding carboxylic acids is 2. The van der Waals surface area contributed by atoms with Gasteiger partial charge < -0.3 is 9.47 Å². The zero-order valence-electron chi connectivity index (χ0n) is 17.5. The molecular weight excluding hydrogens is 368 g/mol. The maximum atomic E-state index is 13.3. The van der Waals surface area contributed by atoms with E-state index in [-0.39, 0.29) is 29.9 Å². The highest BCUT2D eigenvalue weighted by Crippen LogP contribution is 2.35. The molecule has 0 saturated carbocycles. The van der Waals surface area contributed by atoms with Crippen molar-refractivity contribution in [3.8, 4) is 0 Å². The second-order valence-corrected chi connectivity index (χ2v) is 9.13. The molecule has 1 aromatic carbocycles. The summed E-state index contributed by atoms with van der Waals surface area (Å²) in [4.78, 5) is 32.3. The number of benzene rings is 1. The summed E-state index contributed by atoms with van der Waals surface area (Å²) in [5.74, 6) is 0.0108. The number of fused-ring (bicyclic) bond motifs is 3. The van der Waals surface area contributed by atoms with Crippen LogP contribution in [0.25, 0.3) is 10.9 Å². The van der Waals surface area contributed by atoms with Crippen LogP contribution in [-0.2, 0) is 9.47 Å². The quantitative estimate of drug-likeness (QED) is 0.714. The number of Topliss-reactive ketones (excluding diaryl/α,β-unsaturated/α-hetero) is 1. The van der Waals surface area contributed by atoms with Crippen LogP contribution in [-0.4, -0.2) is 52.7 Å². The number of carbonyl (C=O) groups is 2. The van der Waals surface area contributed by atoms with Crippen molar-refractivity contribution >= 4 is 22.8 Å². The number of piperidine rings is 1. The Morgan fingerprint density at radius 3 is 2.45 bits per heavy atom. The van der Waals surface area contributed by atoms with Gasteiger partial charge in [-0.3, -0.25) is 14.7 Å². The maximum absolute atomic E-state index is 13.3. The number of ether oxygens (including phenoxy) is 2. The third kappa shape index (κ3) is 4.13. The summed E-state index contributed by atoms with van der Waals surface area (Å²) in [5, 5.41) is 0.969. The summed E-state index contributed by atoms with van der Waals surface area (Å²) in [6.07, 6.45) is 0.881. The Morgan fingerprint density at radius 1 is 1.10 bits per heavy atom. The molecule has 0 radical (unpaired) electrons. The van der Waals surface area contributed by atoms with Gasteiger partial charge >= 0.3 is 6.09 Å². The first-order valence-corrected chi connectivity index (χ1v) is 10.2. The number of aryl methyl sites for hydroxylation is 1. The predicted molar refractivity (Wildman–Crippen MR) is 110 cm³/mol. The number of rotatable bonds is 2. The van der Waals surface area contributed by atoms with E-state index in [2.05, 4.69) is 4.98 Å². The minimum absolute atomic E-state index is 0.122. The van der Waals surface area contributed by atoms with Crippen LogP contribution in [0.1, 0.15) is 49.7 Å². The molecule has 3 heterocycles. The number of hydrogen-bond donors (Lipinski definition) is 0. The predicted octanol–water partition coefficient (Wildman–Crippen LogP) is 4.14. The molecule has 6 heteroatoms. The van der Waals surface area contributed by atoms with Gasteiger partial charge in [0, 0.05) is 22.6 Å². The highest BCUT2D eigenvalue weighted by atomic mass is 16.6. The first-order valence-electron chi connectivity index (χ1n) is 10.2. The fourth-order valence-corrected chi connectivity index (χ4v) is 4.36. The summed E-state index contributed by atoms with van der Waals surface area (Å²) >= 11 is 0. The summed E-state index contributed by atoms with van der Waals surface area (Å²) in [6, 6.07) is 9.40. The molecule has 1 amide bonds. The summed E-state index contributed by atoms with van der Waals surface area (Å²) in [6.45, 7) is 8.44. The van der Waals surface area contributed by atoms with E-state index in [0.717, 1.165) is 16.6 Å². The average Bonchev–Trinajstić information content (AvgIpc) is 2.64. The molecule has 2 bridgehead atoms. The first kappa shape index (κ1) is 19.8. The van der Waals surface area contributed by atoms with E-state index in [9.17, 15) is 9.59 Å². The number of ketones is 1. The molecule has 2 atom stereocenters. The molecule has 0 aliphatic carbocycles. The van der Waals surface area contributed by atoms with Gasteiger partial charge in [-0.2, -0.15) is 0 Å². The van der Waals surface area contributed by atoms with Gasteiger partial charge in [-0.25, -0.2) is 4.79 Å². The molecule has 2 aliphatic heterocycles. The third-order valence-electron chi connectivity index (χ3n) is 5.61. The average molecular weight is 396 g/mol. The number of amides is 1. The number of aromatic nitrogens is 1. The topological polar surface area (TPSA) is 68.7 Å². The SMILES string of the molecule is Cc1ccc2cc(C(=O)C3CC4COCC(C3)N4C(=O)OC(C)(C)C)ccc2n1.